The lowest BCUT2D eigenvalue weighted by Gasteiger charge is -1.95. The molecule has 0 fully saturated rings. The average Bonchev–Trinajstić information content (AvgIpc) is 2.01. The highest BCUT2D eigenvalue weighted by atomic mass is 32.2. The Bertz CT molecular complexity index is 96.7. The van der Waals surface area contributed by atoms with Gasteiger partial charge >= 0.3 is 0 Å². The van der Waals surface area contributed by atoms with Crippen LogP contribution in [0.15, 0.2) is 24.3 Å². The maximum atomic E-state index is 2.30. The molecule has 56 valence electrons. The van der Waals surface area contributed by atoms with Gasteiger partial charge in [0.1, 0.15) is 0 Å². The van der Waals surface area contributed by atoms with Crippen molar-refractivity contribution >= 4 is 11.8 Å². The summed E-state index contributed by atoms with van der Waals surface area (Å²) in [7, 11) is 0. The first-order chi connectivity index (χ1) is 5.00. The smallest absolute Gasteiger partial charge is 0.0116 e. The summed E-state index contributed by atoms with van der Waals surface area (Å²) in [5.41, 5.74) is 0. The normalized spacial score (nSPS) is 20.8. The van der Waals surface area contributed by atoms with Crippen molar-refractivity contribution in [2.24, 2.45) is 0 Å². The van der Waals surface area contributed by atoms with Crippen molar-refractivity contribution in [2.45, 2.75) is 19.3 Å². The third-order valence-corrected chi connectivity index (χ3v) is 2.36. The van der Waals surface area contributed by atoms with Crippen LogP contribution in [-0.4, -0.2) is 11.5 Å². The molecule has 0 unspecified atom stereocenters. The largest absolute Gasteiger partial charge is 0.154 e. The molecule has 0 saturated heterocycles. The predicted octanol–water partition coefficient (Wildman–Crippen LogP) is 3.02. The van der Waals surface area contributed by atoms with Gasteiger partial charge in [0.05, 0.1) is 0 Å². The van der Waals surface area contributed by atoms with Crippen molar-refractivity contribution in [3.63, 3.8) is 0 Å². The maximum absolute atomic E-state index is 2.30. The molecule has 0 aromatic carbocycles. The molecule has 0 aromatic heterocycles. The van der Waals surface area contributed by atoms with Crippen LogP contribution in [-0.2, 0) is 0 Å². The van der Waals surface area contributed by atoms with Gasteiger partial charge in [0.25, 0.3) is 0 Å². The van der Waals surface area contributed by atoms with Gasteiger partial charge < -0.3 is 0 Å². The van der Waals surface area contributed by atoms with Crippen LogP contribution in [0.2, 0.25) is 0 Å². The van der Waals surface area contributed by atoms with Gasteiger partial charge in [0.15, 0.2) is 0 Å². The van der Waals surface area contributed by atoms with E-state index in [1.54, 1.807) is 0 Å². The molecule has 0 aromatic rings. The number of hydrogen-bond acceptors (Lipinski definition) is 1. The van der Waals surface area contributed by atoms with E-state index >= 15 is 0 Å². The van der Waals surface area contributed by atoms with Crippen LogP contribution in [0.25, 0.3) is 0 Å². The van der Waals surface area contributed by atoms with Crippen molar-refractivity contribution < 1.29 is 0 Å². The van der Waals surface area contributed by atoms with Crippen molar-refractivity contribution in [3.05, 3.63) is 24.3 Å². The number of rotatable bonds is 0. The Morgan fingerprint density at radius 1 is 0.800 bits per heavy atom. The van der Waals surface area contributed by atoms with Crippen molar-refractivity contribution in [2.75, 3.05) is 11.5 Å². The van der Waals surface area contributed by atoms with E-state index < -0.39 is 0 Å². The molecule has 0 atom stereocenters. The quantitative estimate of drug-likeness (QED) is 0.483. The number of thioether (sulfide) groups is 1. The Balaban J connectivity index is 2.22. The van der Waals surface area contributed by atoms with E-state index in [-0.39, 0.29) is 0 Å². The summed E-state index contributed by atoms with van der Waals surface area (Å²) in [4.78, 5) is 0. The molecule has 0 spiro atoms. The summed E-state index contributed by atoms with van der Waals surface area (Å²) >= 11 is 1.98. The van der Waals surface area contributed by atoms with Crippen molar-refractivity contribution in [1.29, 1.82) is 0 Å². The average molecular weight is 154 g/mol. The van der Waals surface area contributed by atoms with Gasteiger partial charge in [-0.2, -0.15) is 11.8 Å². The minimum Gasteiger partial charge on any atom is -0.154 e. The molecule has 1 heteroatoms. The van der Waals surface area contributed by atoms with E-state index in [1.807, 2.05) is 11.8 Å². The molecule has 0 bridgehead atoms. The molecule has 0 radical (unpaired) electrons. The van der Waals surface area contributed by atoms with Gasteiger partial charge in [-0.15, -0.1) is 0 Å². The fraction of sp³-hybridized carbons (Fsp3) is 0.556. The fourth-order valence-corrected chi connectivity index (χ4v) is 1.61. The fourth-order valence-electron chi connectivity index (χ4n) is 0.929. The predicted molar refractivity (Wildman–Crippen MR) is 49.5 cm³/mol. The molecule has 10 heavy (non-hydrogen) atoms. The molecule has 0 aliphatic carbocycles. The zero-order chi connectivity index (χ0) is 7.07. The lowest BCUT2D eigenvalue weighted by Crippen LogP contribution is -1.78. The van der Waals surface area contributed by atoms with E-state index in [2.05, 4.69) is 24.3 Å². The monoisotopic (exact) mass is 154 g/mol. The first-order valence-corrected chi connectivity index (χ1v) is 5.03. The van der Waals surface area contributed by atoms with Gasteiger partial charge in [-0.3, -0.25) is 0 Å². The highest BCUT2D eigenvalue weighted by Gasteiger charge is 1.85. The van der Waals surface area contributed by atoms with Gasteiger partial charge in [0.2, 0.25) is 0 Å². The van der Waals surface area contributed by atoms with Crippen molar-refractivity contribution in [3.8, 4) is 0 Å². The van der Waals surface area contributed by atoms with E-state index in [0.29, 0.717) is 0 Å². The maximum Gasteiger partial charge on any atom is 0.0116 e. The third-order valence-electron chi connectivity index (χ3n) is 1.50. The standard InChI is InChI=1S/C9H14S/c1-2-4-6-8-10-9-7-5-3-1/h4-7H,1-3,8-9H2. The topological polar surface area (TPSA) is 0 Å². The molecule has 0 nitrogen and oxygen atoms in total. The van der Waals surface area contributed by atoms with Crippen LogP contribution in [0.5, 0.6) is 0 Å². The van der Waals surface area contributed by atoms with Crippen LogP contribution in [0.3, 0.4) is 0 Å². The SMILES string of the molecule is C1=CCSCC=CCCC1. The van der Waals surface area contributed by atoms with Gasteiger partial charge in [-0.1, -0.05) is 24.3 Å². The summed E-state index contributed by atoms with van der Waals surface area (Å²) in [6, 6.07) is 0. The second kappa shape index (κ2) is 5.60. The molecular weight excluding hydrogens is 140 g/mol. The minimum absolute atomic E-state index is 1.18. The molecule has 1 aliphatic heterocycles. The third kappa shape index (κ3) is 3.78. The summed E-state index contributed by atoms with van der Waals surface area (Å²) in [5, 5.41) is 0. The van der Waals surface area contributed by atoms with E-state index in [9.17, 15) is 0 Å². The number of allylic oxidation sites excluding steroid dienone is 2. The number of hydrogen-bond donors (Lipinski definition) is 0. The van der Waals surface area contributed by atoms with Gasteiger partial charge in [-0.05, 0) is 19.3 Å². The van der Waals surface area contributed by atoms with Crippen LogP contribution in [0, 0.1) is 0 Å². The first-order valence-electron chi connectivity index (χ1n) is 3.88. The molecular formula is C9H14S. The van der Waals surface area contributed by atoms with Crippen LogP contribution in [0.4, 0.5) is 0 Å². The zero-order valence-electron chi connectivity index (χ0n) is 6.25. The second-order valence-corrected chi connectivity index (χ2v) is 3.49. The molecule has 0 amide bonds. The summed E-state index contributed by atoms with van der Waals surface area (Å²) in [6.07, 6.45) is 13.0. The molecule has 1 rings (SSSR count). The van der Waals surface area contributed by atoms with E-state index in [0.717, 1.165) is 0 Å². The molecule has 1 aliphatic rings. The van der Waals surface area contributed by atoms with E-state index in [4.69, 9.17) is 0 Å². The second-order valence-electron chi connectivity index (χ2n) is 2.41. The zero-order valence-corrected chi connectivity index (χ0v) is 7.07. The Morgan fingerprint density at radius 2 is 1.40 bits per heavy atom. The lowest BCUT2D eigenvalue weighted by molar-refractivity contribution is 0.866. The van der Waals surface area contributed by atoms with Crippen LogP contribution < -0.4 is 0 Å². The van der Waals surface area contributed by atoms with Crippen molar-refractivity contribution in [1.82, 2.24) is 0 Å². The molecule has 0 saturated carbocycles. The lowest BCUT2D eigenvalue weighted by atomic mass is 10.2. The summed E-state index contributed by atoms with van der Waals surface area (Å²) in [5.74, 6) is 2.37. The van der Waals surface area contributed by atoms with E-state index in [1.165, 1.54) is 30.8 Å². The van der Waals surface area contributed by atoms with Gasteiger partial charge in [0, 0.05) is 11.5 Å². The first kappa shape index (κ1) is 7.93. The Labute approximate surface area is 67.4 Å². The highest BCUT2D eigenvalue weighted by molar-refractivity contribution is 7.99. The summed E-state index contributed by atoms with van der Waals surface area (Å²) < 4.78 is 0. The Kier molecular flexibility index (Phi) is 4.44. The van der Waals surface area contributed by atoms with Crippen LogP contribution in [0.1, 0.15) is 19.3 Å². The minimum atomic E-state index is 1.18. The van der Waals surface area contributed by atoms with Crippen LogP contribution >= 0.6 is 11.8 Å². The van der Waals surface area contributed by atoms with Gasteiger partial charge in [-0.25, -0.2) is 0 Å². The summed E-state index contributed by atoms with van der Waals surface area (Å²) in [6.45, 7) is 0. The highest BCUT2D eigenvalue weighted by Crippen LogP contribution is 2.06. The molecule has 1 heterocycles. The Morgan fingerprint density at radius 3 is 2.00 bits per heavy atom. The Hall–Kier alpha value is -0.170. The molecule has 0 N–H and O–H groups in total.